The number of fused-ring (bicyclic) bond motifs is 1. The lowest BCUT2D eigenvalue weighted by Gasteiger charge is -2.36. The summed E-state index contributed by atoms with van der Waals surface area (Å²) in [5.74, 6) is 1.08. The third-order valence-electron chi connectivity index (χ3n) is 4.92. The minimum atomic E-state index is 0.224. The maximum atomic E-state index is 9.14. The van der Waals surface area contributed by atoms with E-state index < -0.39 is 0 Å². The molecule has 0 bridgehead atoms. The number of methoxy groups -OCH3 is 1. The molecule has 0 saturated carbocycles. The monoisotopic (exact) mass is 358 g/mol. The zero-order chi connectivity index (χ0) is 18.4. The van der Waals surface area contributed by atoms with Crippen molar-refractivity contribution in [2.45, 2.75) is 13.5 Å². The molecular weight excluding hydrogens is 328 g/mol. The third kappa shape index (κ3) is 4.71. The molecule has 6 heteroatoms. The van der Waals surface area contributed by atoms with E-state index in [0.29, 0.717) is 6.61 Å². The summed E-state index contributed by atoms with van der Waals surface area (Å²) in [6, 6.07) is 8.71. The summed E-state index contributed by atoms with van der Waals surface area (Å²) in [5, 5.41) is 13.8. The Morgan fingerprint density at radius 3 is 2.73 bits per heavy atom. The first-order chi connectivity index (χ1) is 12.7. The fraction of sp³-hybridized carbons (Fsp3) is 0.550. The van der Waals surface area contributed by atoms with E-state index >= 15 is 0 Å². The van der Waals surface area contributed by atoms with Crippen LogP contribution in [0.25, 0.3) is 10.9 Å². The zero-order valence-corrected chi connectivity index (χ0v) is 15.9. The highest BCUT2D eigenvalue weighted by Crippen LogP contribution is 2.25. The van der Waals surface area contributed by atoms with Gasteiger partial charge in [-0.2, -0.15) is 0 Å². The summed E-state index contributed by atoms with van der Waals surface area (Å²) in [6.45, 7) is 9.20. The number of β-amino-alcohol motifs (C(OH)–C–C–N with tert-alkyl or cyclic N) is 1. The van der Waals surface area contributed by atoms with Gasteiger partial charge >= 0.3 is 0 Å². The van der Waals surface area contributed by atoms with E-state index in [-0.39, 0.29) is 6.61 Å². The number of piperazine rings is 1. The lowest BCUT2D eigenvalue weighted by Crippen LogP contribution is -2.47. The molecule has 26 heavy (non-hydrogen) atoms. The lowest BCUT2D eigenvalue weighted by atomic mass is 10.1. The molecule has 6 nitrogen and oxygen atoms in total. The Morgan fingerprint density at radius 2 is 2.00 bits per heavy atom. The molecule has 2 N–H and O–H groups in total. The van der Waals surface area contributed by atoms with Gasteiger partial charge in [-0.3, -0.25) is 4.90 Å². The van der Waals surface area contributed by atoms with Gasteiger partial charge in [-0.25, -0.2) is 4.98 Å². The van der Waals surface area contributed by atoms with Gasteiger partial charge in [0, 0.05) is 63.9 Å². The first kappa shape index (κ1) is 19.0. The summed E-state index contributed by atoms with van der Waals surface area (Å²) < 4.78 is 5.13. The molecule has 1 saturated heterocycles. The van der Waals surface area contributed by atoms with Gasteiger partial charge in [0.05, 0.1) is 18.7 Å². The maximum Gasteiger partial charge on any atom is 0.133 e. The van der Waals surface area contributed by atoms with Crippen LogP contribution in [-0.2, 0) is 11.3 Å². The number of aromatic nitrogens is 1. The molecule has 0 unspecified atom stereocenters. The Bertz CT molecular complexity index is 714. The zero-order valence-electron chi connectivity index (χ0n) is 15.9. The number of benzene rings is 1. The van der Waals surface area contributed by atoms with Crippen LogP contribution in [0.15, 0.2) is 24.3 Å². The van der Waals surface area contributed by atoms with Crippen molar-refractivity contribution in [1.82, 2.24) is 15.2 Å². The van der Waals surface area contributed by atoms with Gasteiger partial charge in [-0.05, 0) is 24.6 Å². The molecule has 3 rings (SSSR count). The topological polar surface area (TPSA) is 60.9 Å². The van der Waals surface area contributed by atoms with Crippen molar-refractivity contribution in [1.29, 1.82) is 0 Å². The molecule has 0 amide bonds. The minimum absolute atomic E-state index is 0.224. The van der Waals surface area contributed by atoms with Gasteiger partial charge in [0.25, 0.3) is 0 Å². The number of aliphatic hydroxyl groups excluding tert-OH is 1. The third-order valence-corrected chi connectivity index (χ3v) is 4.92. The Kier molecular flexibility index (Phi) is 6.80. The number of aryl methyl sites for hydroxylation is 1. The molecule has 2 heterocycles. The highest BCUT2D eigenvalue weighted by Gasteiger charge is 2.20. The second kappa shape index (κ2) is 9.28. The highest BCUT2D eigenvalue weighted by molar-refractivity contribution is 5.82. The van der Waals surface area contributed by atoms with Crippen LogP contribution in [0.1, 0.15) is 11.1 Å². The van der Waals surface area contributed by atoms with Crippen LogP contribution in [0.5, 0.6) is 0 Å². The van der Waals surface area contributed by atoms with Crippen LogP contribution < -0.4 is 10.2 Å². The molecule has 142 valence electrons. The summed E-state index contributed by atoms with van der Waals surface area (Å²) in [4.78, 5) is 9.70. The first-order valence-corrected chi connectivity index (χ1v) is 9.39. The van der Waals surface area contributed by atoms with Crippen LogP contribution in [0, 0.1) is 6.92 Å². The number of pyridine rings is 1. The second-order valence-electron chi connectivity index (χ2n) is 6.89. The summed E-state index contributed by atoms with van der Waals surface area (Å²) in [5.41, 5.74) is 3.51. The normalized spacial score (nSPS) is 15.7. The maximum absolute atomic E-state index is 9.14. The van der Waals surface area contributed by atoms with Crippen LogP contribution in [-0.4, -0.2) is 74.6 Å². The quantitative estimate of drug-likeness (QED) is 0.696. The van der Waals surface area contributed by atoms with Crippen molar-refractivity contribution in [3.63, 3.8) is 0 Å². The van der Waals surface area contributed by atoms with Gasteiger partial charge < -0.3 is 20.1 Å². The summed E-state index contributed by atoms with van der Waals surface area (Å²) >= 11 is 0. The van der Waals surface area contributed by atoms with E-state index in [9.17, 15) is 0 Å². The van der Waals surface area contributed by atoms with Crippen molar-refractivity contribution in [3.8, 4) is 0 Å². The molecule has 0 atom stereocenters. The smallest absolute Gasteiger partial charge is 0.133 e. The fourth-order valence-electron chi connectivity index (χ4n) is 3.44. The Labute approximate surface area is 155 Å². The summed E-state index contributed by atoms with van der Waals surface area (Å²) in [7, 11) is 1.72. The van der Waals surface area contributed by atoms with Gasteiger partial charge in [0.15, 0.2) is 0 Å². The second-order valence-corrected chi connectivity index (χ2v) is 6.89. The highest BCUT2D eigenvalue weighted by atomic mass is 16.5. The predicted octanol–water partition coefficient (Wildman–Crippen LogP) is 1.39. The molecule has 0 spiro atoms. The van der Waals surface area contributed by atoms with E-state index in [1.165, 1.54) is 16.5 Å². The number of rotatable bonds is 8. The van der Waals surface area contributed by atoms with E-state index in [0.717, 1.165) is 57.1 Å². The van der Waals surface area contributed by atoms with E-state index in [2.05, 4.69) is 46.3 Å². The molecule has 1 aromatic carbocycles. The number of aliphatic hydroxyl groups is 1. The first-order valence-electron chi connectivity index (χ1n) is 9.39. The molecule has 1 aromatic heterocycles. The number of ether oxygens (including phenoxy) is 1. The average molecular weight is 358 g/mol. The van der Waals surface area contributed by atoms with Gasteiger partial charge in [0.1, 0.15) is 5.82 Å². The Hall–Kier alpha value is -1.73. The number of anilines is 1. The van der Waals surface area contributed by atoms with Crippen molar-refractivity contribution < 1.29 is 9.84 Å². The number of hydrogen-bond donors (Lipinski definition) is 2. The predicted molar refractivity (Wildman–Crippen MR) is 106 cm³/mol. The van der Waals surface area contributed by atoms with E-state index in [1.54, 1.807) is 7.11 Å². The number of nitrogens with zero attached hydrogens (tertiary/aromatic N) is 3. The standard InChI is InChI=1S/C20H30N4O2/c1-16-3-4-17-14-18(15-21-5-12-26-2)20(22-19(17)13-16)24-8-6-23(7-9-24)10-11-25/h3-4,13-14,21,25H,5-12,15H2,1-2H3. The lowest BCUT2D eigenvalue weighted by molar-refractivity contribution is 0.188. The van der Waals surface area contributed by atoms with Crippen molar-refractivity contribution in [3.05, 3.63) is 35.4 Å². The van der Waals surface area contributed by atoms with Gasteiger partial charge in [-0.1, -0.05) is 12.1 Å². The van der Waals surface area contributed by atoms with Crippen LogP contribution in [0.2, 0.25) is 0 Å². The van der Waals surface area contributed by atoms with Crippen LogP contribution in [0.3, 0.4) is 0 Å². The largest absolute Gasteiger partial charge is 0.395 e. The molecule has 1 fully saturated rings. The minimum Gasteiger partial charge on any atom is -0.395 e. The van der Waals surface area contributed by atoms with Crippen LogP contribution in [0.4, 0.5) is 5.82 Å². The molecule has 0 aliphatic carbocycles. The van der Waals surface area contributed by atoms with Crippen LogP contribution >= 0.6 is 0 Å². The SMILES string of the molecule is COCCNCc1cc2ccc(C)cc2nc1N1CCN(CCO)CC1. The van der Waals surface area contributed by atoms with E-state index in [4.69, 9.17) is 14.8 Å². The van der Waals surface area contributed by atoms with Gasteiger partial charge in [-0.15, -0.1) is 0 Å². The molecule has 1 aliphatic rings. The average Bonchev–Trinajstić information content (AvgIpc) is 2.66. The molecule has 2 aromatic rings. The van der Waals surface area contributed by atoms with Crippen molar-refractivity contribution >= 4 is 16.7 Å². The fourth-order valence-corrected chi connectivity index (χ4v) is 3.44. The Balaban J connectivity index is 1.83. The Morgan fingerprint density at radius 1 is 1.19 bits per heavy atom. The molecular formula is C20H30N4O2. The van der Waals surface area contributed by atoms with E-state index in [1.807, 2.05) is 0 Å². The summed E-state index contributed by atoms with van der Waals surface area (Å²) in [6.07, 6.45) is 0. The number of hydrogen-bond acceptors (Lipinski definition) is 6. The van der Waals surface area contributed by atoms with Gasteiger partial charge in [0.2, 0.25) is 0 Å². The molecule has 1 aliphatic heterocycles. The molecule has 0 radical (unpaired) electrons. The number of nitrogens with one attached hydrogen (secondary N) is 1. The van der Waals surface area contributed by atoms with Crippen molar-refractivity contribution in [2.24, 2.45) is 0 Å². The van der Waals surface area contributed by atoms with Crippen molar-refractivity contribution in [2.75, 3.05) is 64.5 Å².